The fraction of sp³-hybridized carbons (Fsp3) is 0.200. The molecule has 2 heterocycles. The molecule has 0 radical (unpaired) electrons. The molecule has 0 bridgehead atoms. The molecule has 0 aliphatic heterocycles. The third kappa shape index (κ3) is 1.16. The molecule has 2 aromatic heterocycles. The van der Waals surface area contributed by atoms with E-state index in [0.717, 1.165) is 11.3 Å². The van der Waals surface area contributed by atoms with E-state index in [1.54, 1.807) is 18.3 Å². The van der Waals surface area contributed by atoms with Crippen LogP contribution in [0.25, 0.3) is 5.52 Å². The molecule has 2 aromatic rings. The van der Waals surface area contributed by atoms with Crippen molar-refractivity contribution in [2.45, 2.75) is 6.92 Å². The second-order valence-corrected chi connectivity index (χ2v) is 2.97. The molecule has 4 nitrogen and oxygen atoms in total. The van der Waals surface area contributed by atoms with E-state index in [4.69, 9.17) is 0 Å². The summed E-state index contributed by atoms with van der Waals surface area (Å²) in [6.45, 7) is 1.88. The van der Waals surface area contributed by atoms with Gasteiger partial charge >= 0.3 is 5.97 Å². The van der Waals surface area contributed by atoms with Gasteiger partial charge in [0.15, 0.2) is 0 Å². The van der Waals surface area contributed by atoms with Crippen molar-refractivity contribution in [3.8, 4) is 0 Å². The van der Waals surface area contributed by atoms with Gasteiger partial charge in [0.25, 0.3) is 0 Å². The van der Waals surface area contributed by atoms with E-state index >= 15 is 0 Å². The third-order valence-electron chi connectivity index (χ3n) is 2.16. The van der Waals surface area contributed by atoms with Crippen molar-refractivity contribution in [2.75, 3.05) is 7.11 Å². The van der Waals surface area contributed by atoms with E-state index in [9.17, 15) is 4.79 Å². The molecule has 0 aliphatic carbocycles. The number of esters is 1. The van der Waals surface area contributed by atoms with Crippen molar-refractivity contribution in [1.82, 2.24) is 9.38 Å². The van der Waals surface area contributed by atoms with Crippen LogP contribution in [0.15, 0.2) is 24.5 Å². The molecule has 14 heavy (non-hydrogen) atoms. The Bertz CT molecular complexity index is 488. The average Bonchev–Trinajstić information content (AvgIpc) is 2.59. The lowest BCUT2D eigenvalue weighted by molar-refractivity contribution is 0.0602. The van der Waals surface area contributed by atoms with Gasteiger partial charge in [-0.15, -0.1) is 0 Å². The van der Waals surface area contributed by atoms with Crippen LogP contribution in [0.2, 0.25) is 0 Å². The van der Waals surface area contributed by atoms with Crippen molar-refractivity contribution in [3.05, 3.63) is 35.9 Å². The molecule has 0 aliphatic rings. The van der Waals surface area contributed by atoms with Crippen LogP contribution in [0.3, 0.4) is 0 Å². The SMILES string of the molecule is COC(=O)c1cccn2c(C)ncc12. The first kappa shape index (κ1) is 8.74. The molecule has 0 aromatic carbocycles. The van der Waals surface area contributed by atoms with Crippen LogP contribution in [-0.4, -0.2) is 22.5 Å². The zero-order valence-corrected chi connectivity index (χ0v) is 8.02. The Morgan fingerprint density at radius 3 is 3.07 bits per heavy atom. The first-order valence-corrected chi connectivity index (χ1v) is 4.25. The van der Waals surface area contributed by atoms with Crippen LogP contribution in [0.1, 0.15) is 16.2 Å². The Morgan fingerprint density at radius 2 is 2.36 bits per heavy atom. The number of nitrogens with zero attached hydrogens (tertiary/aromatic N) is 2. The van der Waals surface area contributed by atoms with Crippen molar-refractivity contribution in [3.63, 3.8) is 0 Å². The summed E-state index contributed by atoms with van der Waals surface area (Å²) < 4.78 is 6.53. The maximum Gasteiger partial charge on any atom is 0.340 e. The molecule has 2 rings (SSSR count). The number of imidazole rings is 1. The van der Waals surface area contributed by atoms with E-state index in [2.05, 4.69) is 9.72 Å². The number of rotatable bonds is 1. The first-order chi connectivity index (χ1) is 6.74. The van der Waals surface area contributed by atoms with Gasteiger partial charge in [-0.05, 0) is 19.1 Å². The number of aryl methyl sites for hydroxylation is 1. The lowest BCUT2D eigenvalue weighted by atomic mass is 10.2. The van der Waals surface area contributed by atoms with E-state index in [-0.39, 0.29) is 5.97 Å². The summed E-state index contributed by atoms with van der Waals surface area (Å²) in [5.41, 5.74) is 1.31. The van der Waals surface area contributed by atoms with Gasteiger partial charge in [-0.25, -0.2) is 9.78 Å². The second kappa shape index (κ2) is 3.14. The highest BCUT2D eigenvalue weighted by Crippen LogP contribution is 2.13. The number of hydrogen-bond donors (Lipinski definition) is 0. The van der Waals surface area contributed by atoms with Crippen molar-refractivity contribution >= 4 is 11.5 Å². The molecule has 0 unspecified atom stereocenters. The largest absolute Gasteiger partial charge is 0.465 e. The Labute approximate surface area is 81.1 Å². The molecule has 0 saturated heterocycles. The lowest BCUT2D eigenvalue weighted by Crippen LogP contribution is -2.03. The summed E-state index contributed by atoms with van der Waals surface area (Å²) in [6.07, 6.45) is 3.53. The van der Waals surface area contributed by atoms with E-state index in [0.29, 0.717) is 5.56 Å². The zero-order chi connectivity index (χ0) is 10.1. The Morgan fingerprint density at radius 1 is 1.57 bits per heavy atom. The number of hydrogen-bond acceptors (Lipinski definition) is 3. The highest BCUT2D eigenvalue weighted by Gasteiger charge is 2.11. The Hall–Kier alpha value is -1.84. The smallest absolute Gasteiger partial charge is 0.340 e. The highest BCUT2D eigenvalue weighted by molar-refractivity contribution is 5.96. The van der Waals surface area contributed by atoms with Gasteiger partial charge in [0, 0.05) is 6.20 Å². The molecule has 0 saturated carbocycles. The number of pyridine rings is 1. The van der Waals surface area contributed by atoms with Crippen LogP contribution < -0.4 is 0 Å². The normalized spacial score (nSPS) is 10.4. The minimum Gasteiger partial charge on any atom is -0.465 e. The topological polar surface area (TPSA) is 43.6 Å². The second-order valence-electron chi connectivity index (χ2n) is 2.97. The van der Waals surface area contributed by atoms with Crippen molar-refractivity contribution < 1.29 is 9.53 Å². The van der Waals surface area contributed by atoms with E-state index in [1.165, 1.54) is 7.11 Å². The number of carbonyl (C=O) groups is 1. The first-order valence-electron chi connectivity index (χ1n) is 4.25. The van der Waals surface area contributed by atoms with Crippen molar-refractivity contribution in [2.24, 2.45) is 0 Å². The van der Waals surface area contributed by atoms with Crippen LogP contribution in [0.4, 0.5) is 0 Å². The predicted octanol–water partition coefficient (Wildman–Crippen LogP) is 1.43. The summed E-state index contributed by atoms with van der Waals surface area (Å²) in [6, 6.07) is 3.52. The molecule has 0 spiro atoms. The van der Waals surface area contributed by atoms with Gasteiger partial charge in [0.05, 0.1) is 24.4 Å². The fourth-order valence-electron chi connectivity index (χ4n) is 1.43. The Kier molecular flexibility index (Phi) is 1.96. The molecule has 0 atom stereocenters. The average molecular weight is 190 g/mol. The molecule has 0 fully saturated rings. The van der Waals surface area contributed by atoms with Gasteiger partial charge in [0.1, 0.15) is 5.82 Å². The van der Waals surface area contributed by atoms with E-state index in [1.807, 2.05) is 17.5 Å². The standard InChI is InChI=1S/C10H10N2O2/c1-7-11-6-9-8(10(13)14-2)4-3-5-12(7)9/h3-6H,1-2H3. The van der Waals surface area contributed by atoms with E-state index < -0.39 is 0 Å². The van der Waals surface area contributed by atoms with Gasteiger partial charge in [0.2, 0.25) is 0 Å². The quantitative estimate of drug-likeness (QED) is 0.639. The monoisotopic (exact) mass is 190 g/mol. The molecule has 72 valence electrons. The molecule has 4 heteroatoms. The lowest BCUT2D eigenvalue weighted by Gasteiger charge is -2.01. The summed E-state index contributed by atoms with van der Waals surface area (Å²) in [7, 11) is 1.37. The third-order valence-corrected chi connectivity index (χ3v) is 2.16. The summed E-state index contributed by atoms with van der Waals surface area (Å²) in [4.78, 5) is 15.5. The number of methoxy groups -OCH3 is 1. The van der Waals surface area contributed by atoms with Crippen LogP contribution >= 0.6 is 0 Å². The number of fused-ring (bicyclic) bond motifs is 1. The number of ether oxygens (including phenoxy) is 1. The fourth-order valence-corrected chi connectivity index (χ4v) is 1.43. The maximum atomic E-state index is 11.4. The predicted molar refractivity (Wildman–Crippen MR) is 51.3 cm³/mol. The van der Waals surface area contributed by atoms with Gasteiger partial charge in [-0.3, -0.25) is 0 Å². The minimum absolute atomic E-state index is 0.337. The number of aromatic nitrogens is 2. The molecule has 0 N–H and O–H groups in total. The Balaban J connectivity index is 2.71. The minimum atomic E-state index is -0.337. The summed E-state index contributed by atoms with van der Waals surface area (Å²) in [5.74, 6) is 0.515. The highest BCUT2D eigenvalue weighted by atomic mass is 16.5. The summed E-state index contributed by atoms with van der Waals surface area (Å²) in [5, 5.41) is 0. The summed E-state index contributed by atoms with van der Waals surface area (Å²) >= 11 is 0. The molecular weight excluding hydrogens is 180 g/mol. The van der Waals surface area contributed by atoms with Crippen molar-refractivity contribution in [1.29, 1.82) is 0 Å². The molecular formula is C10H10N2O2. The van der Waals surface area contributed by atoms with Crippen LogP contribution in [0, 0.1) is 6.92 Å². The van der Waals surface area contributed by atoms with Gasteiger partial charge < -0.3 is 9.14 Å². The van der Waals surface area contributed by atoms with Crippen LogP contribution in [-0.2, 0) is 4.74 Å². The number of carbonyl (C=O) groups excluding carboxylic acids is 1. The van der Waals surface area contributed by atoms with Gasteiger partial charge in [-0.1, -0.05) is 0 Å². The zero-order valence-electron chi connectivity index (χ0n) is 8.02. The molecule has 0 amide bonds. The maximum absolute atomic E-state index is 11.4. The van der Waals surface area contributed by atoms with Gasteiger partial charge in [-0.2, -0.15) is 0 Å². The van der Waals surface area contributed by atoms with Crippen LogP contribution in [0.5, 0.6) is 0 Å².